The molecule has 0 aliphatic carbocycles. The van der Waals surface area contributed by atoms with Crippen LogP contribution in [0.1, 0.15) is 37.2 Å². The minimum absolute atomic E-state index is 0.178. The van der Waals surface area contributed by atoms with Crippen LogP contribution in [-0.4, -0.2) is 56.8 Å². The summed E-state index contributed by atoms with van der Waals surface area (Å²) in [5.74, 6) is -0.785. The third-order valence-electron chi connectivity index (χ3n) is 3.89. The fraction of sp³-hybridized carbons (Fsp3) is 0.400. The minimum atomic E-state index is -0.682. The van der Waals surface area contributed by atoms with Crippen molar-refractivity contribution in [3.05, 3.63) is 47.5 Å². The number of phenolic OH excluding ortho intramolecular Hbond substituents is 4. The van der Waals surface area contributed by atoms with Gasteiger partial charge in [-0.2, -0.15) is 0 Å². The highest BCUT2D eigenvalue weighted by atomic mass is 16.3. The smallest absolute Gasteiger partial charge is 0.157 e. The number of aliphatic hydroxyl groups excluding tert-OH is 2. The lowest BCUT2D eigenvalue weighted by Crippen LogP contribution is -2.27. The van der Waals surface area contributed by atoms with Crippen LogP contribution in [0.4, 0.5) is 0 Å². The lowest BCUT2D eigenvalue weighted by molar-refractivity contribution is 0.171. The Morgan fingerprint density at radius 2 is 1.14 bits per heavy atom. The third-order valence-corrected chi connectivity index (χ3v) is 3.89. The first-order valence-corrected chi connectivity index (χ1v) is 8.93. The molecule has 2 aromatic rings. The van der Waals surface area contributed by atoms with Gasteiger partial charge in [-0.25, -0.2) is 0 Å². The molecule has 0 aromatic heterocycles. The molecule has 2 aromatic carbocycles. The monoisotopic (exact) mass is 394 g/mol. The molecule has 0 bridgehead atoms. The Balaban J connectivity index is 0.000000283. The zero-order chi connectivity index (χ0) is 21.3. The minimum Gasteiger partial charge on any atom is -0.504 e. The molecule has 2 atom stereocenters. The van der Waals surface area contributed by atoms with Crippen LogP contribution in [0.3, 0.4) is 0 Å². The molecule has 2 rings (SSSR count). The van der Waals surface area contributed by atoms with E-state index in [1.807, 2.05) is 13.8 Å². The molecule has 8 heteroatoms. The fourth-order valence-electron chi connectivity index (χ4n) is 2.27. The van der Waals surface area contributed by atoms with Crippen molar-refractivity contribution < 1.29 is 30.6 Å². The topological polar surface area (TPSA) is 145 Å². The summed E-state index contributed by atoms with van der Waals surface area (Å²) in [7, 11) is 1.73. The van der Waals surface area contributed by atoms with Gasteiger partial charge in [-0.05, 0) is 42.4 Å². The van der Waals surface area contributed by atoms with Crippen LogP contribution in [0.5, 0.6) is 23.0 Å². The molecule has 0 saturated carbocycles. The van der Waals surface area contributed by atoms with Crippen LogP contribution < -0.4 is 10.6 Å². The number of benzene rings is 2. The van der Waals surface area contributed by atoms with E-state index < -0.39 is 12.2 Å². The van der Waals surface area contributed by atoms with Gasteiger partial charge in [0.25, 0.3) is 0 Å². The van der Waals surface area contributed by atoms with E-state index >= 15 is 0 Å². The summed E-state index contributed by atoms with van der Waals surface area (Å²) in [5, 5.41) is 61.6. The van der Waals surface area contributed by atoms with Gasteiger partial charge in [0.15, 0.2) is 23.0 Å². The fourth-order valence-corrected chi connectivity index (χ4v) is 2.27. The van der Waals surface area contributed by atoms with E-state index in [1.54, 1.807) is 19.2 Å². The molecule has 28 heavy (non-hydrogen) atoms. The second-order valence-electron chi connectivity index (χ2n) is 6.65. The van der Waals surface area contributed by atoms with Crippen molar-refractivity contribution in [3.63, 3.8) is 0 Å². The van der Waals surface area contributed by atoms with Crippen LogP contribution in [0, 0.1) is 0 Å². The number of aliphatic hydroxyl groups is 2. The summed E-state index contributed by atoms with van der Waals surface area (Å²) in [6.45, 7) is 4.80. The second kappa shape index (κ2) is 11.4. The number of hydrogen-bond donors (Lipinski definition) is 8. The Kier molecular flexibility index (Phi) is 9.54. The van der Waals surface area contributed by atoms with Crippen molar-refractivity contribution >= 4 is 0 Å². The molecule has 0 saturated heterocycles. The molecular formula is C20H30N2O6. The van der Waals surface area contributed by atoms with E-state index in [0.717, 1.165) is 0 Å². The van der Waals surface area contributed by atoms with Gasteiger partial charge in [0.05, 0.1) is 12.2 Å². The number of aromatic hydroxyl groups is 4. The third kappa shape index (κ3) is 7.61. The van der Waals surface area contributed by atoms with Crippen molar-refractivity contribution in [2.45, 2.75) is 32.1 Å². The van der Waals surface area contributed by atoms with Crippen LogP contribution in [0.2, 0.25) is 0 Å². The lowest BCUT2D eigenvalue weighted by atomic mass is 10.1. The van der Waals surface area contributed by atoms with E-state index in [4.69, 9.17) is 15.3 Å². The van der Waals surface area contributed by atoms with Crippen molar-refractivity contribution in [1.29, 1.82) is 0 Å². The van der Waals surface area contributed by atoms with Gasteiger partial charge < -0.3 is 41.3 Å². The van der Waals surface area contributed by atoms with Gasteiger partial charge >= 0.3 is 0 Å². The average Bonchev–Trinajstić information content (AvgIpc) is 2.65. The van der Waals surface area contributed by atoms with Crippen molar-refractivity contribution in [1.82, 2.24) is 10.6 Å². The Labute approximate surface area is 164 Å². The summed E-state index contributed by atoms with van der Waals surface area (Å²) in [4.78, 5) is 0. The van der Waals surface area contributed by atoms with Gasteiger partial charge in [-0.15, -0.1) is 0 Å². The number of phenols is 4. The van der Waals surface area contributed by atoms with E-state index in [-0.39, 0.29) is 23.0 Å². The van der Waals surface area contributed by atoms with Gasteiger partial charge in [0, 0.05) is 19.1 Å². The van der Waals surface area contributed by atoms with Crippen LogP contribution in [0.15, 0.2) is 36.4 Å². The molecular weight excluding hydrogens is 364 g/mol. The second-order valence-corrected chi connectivity index (χ2v) is 6.65. The molecule has 8 N–H and O–H groups in total. The highest BCUT2D eigenvalue weighted by molar-refractivity contribution is 5.42. The summed E-state index contributed by atoms with van der Waals surface area (Å²) in [5.41, 5.74) is 1.16. The van der Waals surface area contributed by atoms with E-state index in [9.17, 15) is 15.3 Å². The van der Waals surface area contributed by atoms with Gasteiger partial charge in [0.2, 0.25) is 0 Å². The summed E-state index contributed by atoms with van der Waals surface area (Å²) in [6, 6.07) is 8.87. The summed E-state index contributed by atoms with van der Waals surface area (Å²) < 4.78 is 0. The van der Waals surface area contributed by atoms with Gasteiger partial charge in [-0.3, -0.25) is 0 Å². The standard InChI is InChI=1S/C11H17NO3.C9H13NO3/c1-7(2)12-6-11(15)8-3-4-9(13)10(14)5-8;1-10-5-9(13)6-2-3-7(11)8(12)4-6/h3-5,7,11-15H,6H2,1-2H3;2-4,9-13H,5H2,1H3/t;9-/m.0/s1. The van der Waals surface area contributed by atoms with Crippen LogP contribution in [-0.2, 0) is 0 Å². The highest BCUT2D eigenvalue weighted by Crippen LogP contribution is 2.28. The maximum atomic E-state index is 9.73. The largest absolute Gasteiger partial charge is 0.504 e. The van der Waals surface area contributed by atoms with E-state index in [1.165, 1.54) is 24.3 Å². The SMILES string of the molecule is CC(C)NCC(O)c1ccc(O)c(O)c1.CNC[C@H](O)c1ccc(O)c(O)c1. The molecule has 1 unspecified atom stereocenters. The Hall–Kier alpha value is -2.52. The molecule has 8 nitrogen and oxygen atoms in total. The molecule has 0 fully saturated rings. The molecule has 0 heterocycles. The average molecular weight is 394 g/mol. The van der Waals surface area contributed by atoms with Crippen molar-refractivity contribution in [2.24, 2.45) is 0 Å². The maximum Gasteiger partial charge on any atom is 0.157 e. The normalized spacial score (nSPS) is 12.9. The Morgan fingerprint density at radius 1 is 0.714 bits per heavy atom. The van der Waals surface area contributed by atoms with E-state index in [0.29, 0.717) is 30.3 Å². The molecule has 156 valence electrons. The molecule has 0 radical (unpaired) electrons. The van der Waals surface area contributed by atoms with Gasteiger partial charge in [0.1, 0.15) is 0 Å². The summed E-state index contributed by atoms with van der Waals surface area (Å²) in [6.07, 6.45) is -1.35. The predicted molar refractivity (Wildman–Crippen MR) is 107 cm³/mol. The molecule has 0 aliphatic rings. The maximum absolute atomic E-state index is 9.73. The van der Waals surface area contributed by atoms with E-state index in [2.05, 4.69) is 10.6 Å². The Morgan fingerprint density at radius 3 is 1.50 bits per heavy atom. The van der Waals surface area contributed by atoms with Crippen LogP contribution >= 0.6 is 0 Å². The Bertz CT molecular complexity index is 739. The number of nitrogens with one attached hydrogen (secondary N) is 2. The zero-order valence-corrected chi connectivity index (χ0v) is 16.3. The first-order valence-electron chi connectivity index (χ1n) is 8.93. The zero-order valence-electron chi connectivity index (χ0n) is 16.3. The number of likely N-dealkylation sites (N-methyl/N-ethyl adjacent to an activating group) is 1. The van der Waals surface area contributed by atoms with Crippen LogP contribution in [0.25, 0.3) is 0 Å². The quantitative estimate of drug-likeness (QED) is 0.330. The number of rotatable bonds is 7. The predicted octanol–water partition coefficient (Wildman–Crippen LogP) is 1.48. The summed E-state index contributed by atoms with van der Waals surface area (Å²) >= 11 is 0. The van der Waals surface area contributed by atoms with Crippen molar-refractivity contribution in [2.75, 3.05) is 20.1 Å². The molecule has 0 amide bonds. The van der Waals surface area contributed by atoms with Crippen molar-refractivity contribution in [3.8, 4) is 23.0 Å². The lowest BCUT2D eigenvalue weighted by Gasteiger charge is -2.14. The number of hydrogen-bond acceptors (Lipinski definition) is 8. The van der Waals surface area contributed by atoms with Gasteiger partial charge in [-0.1, -0.05) is 26.0 Å². The first kappa shape index (κ1) is 23.5. The first-order chi connectivity index (χ1) is 13.1. The highest BCUT2D eigenvalue weighted by Gasteiger charge is 2.10. The molecule has 0 aliphatic heterocycles. The molecule has 0 spiro atoms.